The Bertz CT molecular complexity index is 498. The molecule has 2 N–H and O–H groups in total. The highest BCUT2D eigenvalue weighted by Crippen LogP contribution is 2.27. The Morgan fingerprint density at radius 3 is 2.61 bits per heavy atom. The van der Waals surface area contributed by atoms with E-state index in [1.54, 1.807) is 32.7 Å². The lowest BCUT2D eigenvalue weighted by Crippen LogP contribution is -2.04. The standard InChI is InChI=1S/C12H14ClN3O2/c1-17-12(18-2)8-3-9(13)5-10(4-8)16-11-6-14-15-7-11/h3-7,12,16H,1-2H3,(H,14,15). The number of methoxy groups -OCH3 is 2. The third-order valence-electron chi connectivity index (χ3n) is 2.41. The molecule has 0 amide bonds. The maximum atomic E-state index is 6.07. The Hall–Kier alpha value is -1.56. The van der Waals surface area contributed by atoms with Crippen LogP contribution in [0.3, 0.4) is 0 Å². The molecule has 0 aliphatic heterocycles. The largest absolute Gasteiger partial charge is 0.353 e. The van der Waals surface area contributed by atoms with Gasteiger partial charge in [-0.2, -0.15) is 5.10 Å². The molecule has 0 radical (unpaired) electrons. The lowest BCUT2D eigenvalue weighted by Gasteiger charge is -2.15. The molecule has 0 spiro atoms. The van der Waals surface area contributed by atoms with E-state index in [0.29, 0.717) is 5.02 Å². The fraction of sp³-hybridized carbons (Fsp3) is 0.250. The molecule has 18 heavy (non-hydrogen) atoms. The van der Waals surface area contributed by atoms with Gasteiger partial charge in [-0.3, -0.25) is 5.10 Å². The van der Waals surface area contributed by atoms with Gasteiger partial charge < -0.3 is 14.8 Å². The Labute approximate surface area is 110 Å². The predicted molar refractivity (Wildman–Crippen MR) is 70.1 cm³/mol. The molecule has 0 saturated carbocycles. The molecule has 2 aromatic rings. The van der Waals surface area contributed by atoms with Crippen LogP contribution in [0.2, 0.25) is 5.02 Å². The number of halogens is 1. The van der Waals surface area contributed by atoms with E-state index >= 15 is 0 Å². The van der Waals surface area contributed by atoms with Gasteiger partial charge in [0.15, 0.2) is 6.29 Å². The van der Waals surface area contributed by atoms with Gasteiger partial charge in [-0.1, -0.05) is 11.6 Å². The SMILES string of the molecule is COC(OC)c1cc(Cl)cc(Nc2cn[nH]c2)c1. The smallest absolute Gasteiger partial charge is 0.183 e. The number of aromatic amines is 1. The highest BCUT2D eigenvalue weighted by molar-refractivity contribution is 6.31. The second kappa shape index (κ2) is 5.86. The van der Waals surface area contributed by atoms with E-state index in [0.717, 1.165) is 16.9 Å². The molecule has 0 fully saturated rings. The number of aromatic nitrogens is 2. The van der Waals surface area contributed by atoms with Gasteiger partial charge in [-0.15, -0.1) is 0 Å². The van der Waals surface area contributed by atoms with Crippen molar-refractivity contribution in [3.05, 3.63) is 41.2 Å². The molecule has 1 heterocycles. The van der Waals surface area contributed by atoms with Crippen molar-refractivity contribution in [3.8, 4) is 0 Å². The summed E-state index contributed by atoms with van der Waals surface area (Å²) >= 11 is 6.07. The average molecular weight is 268 g/mol. The Kier molecular flexibility index (Phi) is 4.19. The third-order valence-corrected chi connectivity index (χ3v) is 2.63. The highest BCUT2D eigenvalue weighted by atomic mass is 35.5. The average Bonchev–Trinajstić information content (AvgIpc) is 2.83. The van der Waals surface area contributed by atoms with Crippen molar-refractivity contribution < 1.29 is 9.47 Å². The first-order valence-electron chi connectivity index (χ1n) is 5.35. The van der Waals surface area contributed by atoms with Crippen LogP contribution in [-0.4, -0.2) is 24.4 Å². The molecule has 2 rings (SSSR count). The van der Waals surface area contributed by atoms with Gasteiger partial charge in [-0.25, -0.2) is 0 Å². The van der Waals surface area contributed by atoms with Crippen LogP contribution < -0.4 is 5.32 Å². The summed E-state index contributed by atoms with van der Waals surface area (Å²) in [4.78, 5) is 0. The van der Waals surface area contributed by atoms with Crippen molar-refractivity contribution in [2.45, 2.75) is 6.29 Å². The van der Waals surface area contributed by atoms with Crippen molar-refractivity contribution >= 4 is 23.0 Å². The first kappa shape index (κ1) is 12.9. The molecule has 0 aliphatic rings. The predicted octanol–water partition coefficient (Wildman–Crippen LogP) is 3.10. The minimum atomic E-state index is -0.436. The second-order valence-corrected chi connectivity index (χ2v) is 4.12. The van der Waals surface area contributed by atoms with Gasteiger partial charge in [0.05, 0.1) is 11.9 Å². The van der Waals surface area contributed by atoms with Crippen molar-refractivity contribution in [2.24, 2.45) is 0 Å². The van der Waals surface area contributed by atoms with Crippen LogP contribution in [0.15, 0.2) is 30.6 Å². The molecule has 0 unspecified atom stereocenters. The van der Waals surface area contributed by atoms with Crippen molar-refractivity contribution in [1.29, 1.82) is 0 Å². The van der Waals surface area contributed by atoms with Crippen molar-refractivity contribution in [1.82, 2.24) is 10.2 Å². The van der Waals surface area contributed by atoms with Gasteiger partial charge in [-0.05, 0) is 18.2 Å². The molecule has 1 aromatic carbocycles. The minimum Gasteiger partial charge on any atom is -0.353 e. The molecular weight excluding hydrogens is 254 g/mol. The van der Waals surface area contributed by atoms with Crippen LogP contribution in [0, 0.1) is 0 Å². The molecule has 0 bridgehead atoms. The number of nitrogens with zero attached hydrogens (tertiary/aromatic N) is 1. The molecule has 0 aliphatic carbocycles. The number of H-pyrrole nitrogens is 1. The van der Waals surface area contributed by atoms with Crippen molar-refractivity contribution in [2.75, 3.05) is 19.5 Å². The Balaban J connectivity index is 2.26. The molecule has 0 atom stereocenters. The summed E-state index contributed by atoms with van der Waals surface area (Å²) in [6, 6.07) is 5.54. The summed E-state index contributed by atoms with van der Waals surface area (Å²) < 4.78 is 10.4. The van der Waals surface area contributed by atoms with Crippen LogP contribution >= 0.6 is 11.6 Å². The van der Waals surface area contributed by atoms with E-state index in [1.807, 2.05) is 12.1 Å². The maximum absolute atomic E-state index is 6.07. The number of benzene rings is 1. The number of rotatable bonds is 5. The summed E-state index contributed by atoms with van der Waals surface area (Å²) in [6.07, 6.45) is 3.00. The quantitative estimate of drug-likeness (QED) is 0.818. The van der Waals surface area contributed by atoms with Gasteiger partial charge in [0.2, 0.25) is 0 Å². The molecule has 5 nitrogen and oxygen atoms in total. The van der Waals surface area contributed by atoms with Crippen LogP contribution in [0.4, 0.5) is 11.4 Å². The number of hydrogen-bond donors (Lipinski definition) is 2. The maximum Gasteiger partial charge on any atom is 0.183 e. The summed E-state index contributed by atoms with van der Waals surface area (Å²) in [5.74, 6) is 0. The lowest BCUT2D eigenvalue weighted by molar-refractivity contribution is -0.105. The van der Waals surface area contributed by atoms with Crippen LogP contribution in [0.5, 0.6) is 0 Å². The monoisotopic (exact) mass is 267 g/mol. The first-order valence-corrected chi connectivity index (χ1v) is 5.72. The van der Waals surface area contributed by atoms with E-state index in [-0.39, 0.29) is 0 Å². The summed E-state index contributed by atoms with van der Waals surface area (Å²) in [7, 11) is 3.16. The molecular formula is C12H14ClN3O2. The van der Waals surface area contributed by atoms with E-state index in [2.05, 4.69) is 15.5 Å². The topological polar surface area (TPSA) is 59.2 Å². The molecule has 0 saturated heterocycles. The third kappa shape index (κ3) is 3.01. The summed E-state index contributed by atoms with van der Waals surface area (Å²) in [6.45, 7) is 0. The lowest BCUT2D eigenvalue weighted by atomic mass is 10.2. The minimum absolute atomic E-state index is 0.436. The van der Waals surface area contributed by atoms with Crippen molar-refractivity contribution in [3.63, 3.8) is 0 Å². The Morgan fingerprint density at radius 1 is 1.22 bits per heavy atom. The van der Waals surface area contributed by atoms with Gasteiger partial charge in [0, 0.05) is 36.7 Å². The number of nitrogens with one attached hydrogen (secondary N) is 2. The van der Waals surface area contributed by atoms with Crippen LogP contribution in [-0.2, 0) is 9.47 Å². The summed E-state index contributed by atoms with van der Waals surface area (Å²) in [5.41, 5.74) is 2.55. The van der Waals surface area contributed by atoms with E-state index in [4.69, 9.17) is 21.1 Å². The highest BCUT2D eigenvalue weighted by Gasteiger charge is 2.11. The molecule has 1 aromatic heterocycles. The number of hydrogen-bond acceptors (Lipinski definition) is 4. The molecule has 96 valence electrons. The van der Waals surface area contributed by atoms with Gasteiger partial charge in [0.25, 0.3) is 0 Å². The molecule has 6 heteroatoms. The zero-order valence-electron chi connectivity index (χ0n) is 10.1. The normalized spacial score (nSPS) is 10.9. The van der Waals surface area contributed by atoms with E-state index in [9.17, 15) is 0 Å². The van der Waals surface area contributed by atoms with Crippen LogP contribution in [0.25, 0.3) is 0 Å². The second-order valence-electron chi connectivity index (χ2n) is 3.69. The summed E-state index contributed by atoms with van der Waals surface area (Å²) in [5, 5.41) is 10.4. The first-order chi connectivity index (χ1) is 8.72. The van der Waals surface area contributed by atoms with E-state index < -0.39 is 6.29 Å². The zero-order chi connectivity index (χ0) is 13.0. The Morgan fingerprint density at radius 2 is 2.00 bits per heavy atom. The van der Waals surface area contributed by atoms with Gasteiger partial charge in [0.1, 0.15) is 0 Å². The zero-order valence-corrected chi connectivity index (χ0v) is 10.9. The fourth-order valence-electron chi connectivity index (χ4n) is 1.67. The number of ether oxygens (including phenoxy) is 2. The van der Waals surface area contributed by atoms with Crippen LogP contribution in [0.1, 0.15) is 11.9 Å². The fourth-order valence-corrected chi connectivity index (χ4v) is 1.92. The van der Waals surface area contributed by atoms with E-state index in [1.165, 1.54) is 0 Å². The number of anilines is 2. The van der Waals surface area contributed by atoms with Gasteiger partial charge >= 0.3 is 0 Å².